The van der Waals surface area contributed by atoms with Gasteiger partial charge < -0.3 is 5.11 Å². The summed E-state index contributed by atoms with van der Waals surface area (Å²) in [6.45, 7) is 3.26. The van der Waals surface area contributed by atoms with Gasteiger partial charge in [0.05, 0.1) is 5.92 Å². The third kappa shape index (κ3) is 3.07. The van der Waals surface area contributed by atoms with E-state index in [9.17, 15) is 9.18 Å². The van der Waals surface area contributed by atoms with Crippen LogP contribution in [0, 0.1) is 11.7 Å². The zero-order valence-corrected chi connectivity index (χ0v) is 10.5. The molecule has 0 saturated carbocycles. The van der Waals surface area contributed by atoms with E-state index in [1.807, 2.05) is 6.07 Å². The Morgan fingerprint density at radius 3 is 2.94 bits per heavy atom. The zero-order chi connectivity index (χ0) is 13.1. The summed E-state index contributed by atoms with van der Waals surface area (Å²) in [4.78, 5) is 13.1. The lowest BCUT2D eigenvalue weighted by Crippen LogP contribution is -2.43. The minimum atomic E-state index is -0.730. The second-order valence-electron chi connectivity index (χ2n) is 5.02. The number of carboxylic acid groups (broad SMARTS) is 1. The lowest BCUT2D eigenvalue weighted by Gasteiger charge is -2.36. The van der Waals surface area contributed by atoms with Crippen LogP contribution >= 0.6 is 0 Å². The predicted octanol–water partition coefficient (Wildman–Crippen LogP) is 2.51. The molecule has 0 spiro atoms. The van der Waals surface area contributed by atoms with Gasteiger partial charge >= 0.3 is 5.97 Å². The Labute approximate surface area is 106 Å². The highest BCUT2D eigenvalue weighted by Crippen LogP contribution is 2.24. The lowest BCUT2D eigenvalue weighted by atomic mass is 9.93. The predicted molar refractivity (Wildman–Crippen MR) is 66.6 cm³/mol. The van der Waals surface area contributed by atoms with Crippen LogP contribution in [0.1, 0.15) is 25.3 Å². The Morgan fingerprint density at radius 2 is 2.28 bits per heavy atom. The standard InChI is InChI=1S/C14H18FNO2/c1-10-5-6-12(14(17)18)9-16(10)8-11-3-2-4-13(15)7-11/h2-4,7,10,12H,5-6,8-9H2,1H3,(H,17,18). The molecule has 2 atom stereocenters. The maximum atomic E-state index is 13.1. The van der Waals surface area contributed by atoms with E-state index >= 15 is 0 Å². The summed E-state index contributed by atoms with van der Waals surface area (Å²) in [6, 6.07) is 6.85. The quantitative estimate of drug-likeness (QED) is 0.897. The average Bonchev–Trinajstić information content (AvgIpc) is 2.31. The molecule has 1 aliphatic heterocycles. The van der Waals surface area contributed by atoms with Gasteiger partial charge in [-0.2, -0.15) is 0 Å². The molecule has 0 aromatic heterocycles. The Bertz CT molecular complexity index is 436. The third-order valence-electron chi connectivity index (χ3n) is 3.64. The molecule has 2 rings (SSSR count). The Balaban J connectivity index is 2.04. The molecule has 1 N–H and O–H groups in total. The Kier molecular flexibility index (Phi) is 3.97. The number of halogens is 1. The van der Waals surface area contributed by atoms with Crippen LogP contribution in [0.3, 0.4) is 0 Å². The molecule has 4 heteroatoms. The number of benzene rings is 1. The largest absolute Gasteiger partial charge is 0.481 e. The molecule has 1 aromatic rings. The summed E-state index contributed by atoms with van der Waals surface area (Å²) in [5.41, 5.74) is 0.896. The van der Waals surface area contributed by atoms with Crippen LogP contribution in [0.4, 0.5) is 4.39 Å². The molecule has 1 heterocycles. The van der Waals surface area contributed by atoms with Crippen LogP contribution in [0.25, 0.3) is 0 Å². The second kappa shape index (κ2) is 5.48. The first-order valence-electron chi connectivity index (χ1n) is 6.27. The van der Waals surface area contributed by atoms with E-state index in [4.69, 9.17) is 5.11 Å². The van der Waals surface area contributed by atoms with Gasteiger partial charge in [0.15, 0.2) is 0 Å². The second-order valence-corrected chi connectivity index (χ2v) is 5.02. The van der Waals surface area contributed by atoms with Crippen molar-refractivity contribution in [2.75, 3.05) is 6.54 Å². The molecule has 0 bridgehead atoms. The normalized spacial score (nSPS) is 25.0. The lowest BCUT2D eigenvalue weighted by molar-refractivity contribution is -0.144. The van der Waals surface area contributed by atoms with Crippen LogP contribution in [0.5, 0.6) is 0 Å². The van der Waals surface area contributed by atoms with Crippen molar-refractivity contribution in [1.82, 2.24) is 4.90 Å². The van der Waals surface area contributed by atoms with E-state index in [0.29, 0.717) is 19.1 Å². The molecule has 1 aromatic carbocycles. The fourth-order valence-corrected chi connectivity index (χ4v) is 2.47. The van der Waals surface area contributed by atoms with Crippen LogP contribution in [0.2, 0.25) is 0 Å². The minimum absolute atomic E-state index is 0.244. The molecular formula is C14H18FNO2. The van der Waals surface area contributed by atoms with E-state index in [1.54, 1.807) is 6.07 Å². The van der Waals surface area contributed by atoms with Gasteiger partial charge in [0, 0.05) is 19.1 Å². The monoisotopic (exact) mass is 251 g/mol. The molecule has 1 aliphatic rings. The van der Waals surface area contributed by atoms with Crippen molar-refractivity contribution in [3.05, 3.63) is 35.6 Å². The number of rotatable bonds is 3. The smallest absolute Gasteiger partial charge is 0.307 e. The maximum Gasteiger partial charge on any atom is 0.307 e. The molecule has 3 nitrogen and oxygen atoms in total. The van der Waals surface area contributed by atoms with Gasteiger partial charge in [0.1, 0.15) is 5.82 Å². The van der Waals surface area contributed by atoms with Crippen LogP contribution in [-0.2, 0) is 11.3 Å². The number of likely N-dealkylation sites (tertiary alicyclic amines) is 1. The van der Waals surface area contributed by atoms with Gasteiger partial charge in [-0.15, -0.1) is 0 Å². The van der Waals surface area contributed by atoms with Crippen molar-refractivity contribution >= 4 is 5.97 Å². The maximum absolute atomic E-state index is 13.1. The third-order valence-corrected chi connectivity index (χ3v) is 3.64. The Hall–Kier alpha value is -1.42. The van der Waals surface area contributed by atoms with E-state index in [-0.39, 0.29) is 11.7 Å². The highest BCUT2D eigenvalue weighted by Gasteiger charge is 2.29. The van der Waals surface area contributed by atoms with Gasteiger partial charge in [-0.3, -0.25) is 9.69 Å². The highest BCUT2D eigenvalue weighted by molar-refractivity contribution is 5.70. The summed E-state index contributed by atoms with van der Waals surface area (Å²) in [5.74, 6) is -1.27. The van der Waals surface area contributed by atoms with E-state index in [2.05, 4.69) is 11.8 Å². The Morgan fingerprint density at radius 1 is 1.50 bits per heavy atom. The summed E-state index contributed by atoms with van der Waals surface area (Å²) >= 11 is 0. The number of nitrogens with zero attached hydrogens (tertiary/aromatic N) is 1. The molecule has 18 heavy (non-hydrogen) atoms. The fourth-order valence-electron chi connectivity index (χ4n) is 2.47. The molecule has 0 amide bonds. The van der Waals surface area contributed by atoms with Crippen molar-refractivity contribution < 1.29 is 14.3 Å². The van der Waals surface area contributed by atoms with Crippen molar-refractivity contribution in [2.24, 2.45) is 5.92 Å². The van der Waals surface area contributed by atoms with E-state index in [1.165, 1.54) is 12.1 Å². The average molecular weight is 251 g/mol. The minimum Gasteiger partial charge on any atom is -0.481 e. The zero-order valence-electron chi connectivity index (χ0n) is 10.5. The van der Waals surface area contributed by atoms with E-state index < -0.39 is 5.97 Å². The van der Waals surface area contributed by atoms with E-state index in [0.717, 1.165) is 18.4 Å². The van der Waals surface area contributed by atoms with Crippen molar-refractivity contribution in [2.45, 2.75) is 32.4 Å². The molecule has 98 valence electrons. The van der Waals surface area contributed by atoms with Crippen molar-refractivity contribution in [3.63, 3.8) is 0 Å². The summed E-state index contributed by atoms with van der Waals surface area (Å²) in [5, 5.41) is 9.07. The molecule has 0 radical (unpaired) electrons. The van der Waals surface area contributed by atoms with Gasteiger partial charge in [0.25, 0.3) is 0 Å². The molecule has 1 saturated heterocycles. The highest BCUT2D eigenvalue weighted by atomic mass is 19.1. The van der Waals surface area contributed by atoms with Crippen LogP contribution < -0.4 is 0 Å². The fraction of sp³-hybridized carbons (Fsp3) is 0.500. The van der Waals surface area contributed by atoms with Crippen molar-refractivity contribution in [3.8, 4) is 0 Å². The van der Waals surface area contributed by atoms with Crippen LogP contribution in [0.15, 0.2) is 24.3 Å². The number of carbonyl (C=O) groups is 1. The van der Waals surface area contributed by atoms with Gasteiger partial charge in [0.2, 0.25) is 0 Å². The molecule has 1 fully saturated rings. The molecule has 0 aliphatic carbocycles. The SMILES string of the molecule is CC1CCC(C(=O)O)CN1Cc1cccc(F)c1. The summed E-state index contributed by atoms with van der Waals surface area (Å²) < 4.78 is 13.1. The number of aliphatic carboxylic acids is 1. The topological polar surface area (TPSA) is 40.5 Å². The summed E-state index contributed by atoms with van der Waals surface area (Å²) in [7, 11) is 0. The van der Waals surface area contributed by atoms with Gasteiger partial charge in [-0.05, 0) is 37.5 Å². The first-order valence-corrected chi connectivity index (χ1v) is 6.27. The number of hydrogen-bond acceptors (Lipinski definition) is 2. The first-order chi connectivity index (χ1) is 8.56. The number of hydrogen-bond donors (Lipinski definition) is 1. The van der Waals surface area contributed by atoms with Gasteiger partial charge in [-0.25, -0.2) is 4.39 Å². The van der Waals surface area contributed by atoms with Gasteiger partial charge in [-0.1, -0.05) is 12.1 Å². The molecular weight excluding hydrogens is 233 g/mol. The molecule has 2 unspecified atom stereocenters. The number of piperidine rings is 1. The number of carboxylic acids is 1. The summed E-state index contributed by atoms with van der Waals surface area (Å²) in [6.07, 6.45) is 1.61. The van der Waals surface area contributed by atoms with Crippen LogP contribution in [-0.4, -0.2) is 28.6 Å². The van der Waals surface area contributed by atoms with Crippen molar-refractivity contribution in [1.29, 1.82) is 0 Å². The first kappa shape index (κ1) is 13.0.